The summed E-state index contributed by atoms with van der Waals surface area (Å²) in [5.74, 6) is 0.140. The summed E-state index contributed by atoms with van der Waals surface area (Å²) in [7, 11) is -3.45. The maximum atomic E-state index is 12.6. The van der Waals surface area contributed by atoms with Gasteiger partial charge in [0, 0.05) is 31.7 Å². The van der Waals surface area contributed by atoms with Gasteiger partial charge in [0.1, 0.15) is 0 Å². The summed E-state index contributed by atoms with van der Waals surface area (Å²) in [6.45, 7) is 7.36. The van der Waals surface area contributed by atoms with Crippen LogP contribution < -0.4 is 4.90 Å². The Balaban J connectivity index is 2.20. The van der Waals surface area contributed by atoms with Crippen LogP contribution in [0, 0.1) is 0 Å². The van der Waals surface area contributed by atoms with Crippen LogP contribution in [-0.2, 0) is 21.2 Å². The summed E-state index contributed by atoms with van der Waals surface area (Å²) < 4.78 is 26.7. The molecule has 0 bridgehead atoms. The quantitative estimate of drug-likeness (QED) is 0.675. The number of sulfonamides is 1. The number of unbranched alkanes of at least 4 members (excludes halogenated alkanes) is 2. The third-order valence-corrected chi connectivity index (χ3v) is 6.63. The number of nitrogens with zero attached hydrogens (tertiary/aromatic N) is 2. The van der Waals surface area contributed by atoms with E-state index in [1.165, 1.54) is 4.31 Å². The van der Waals surface area contributed by atoms with Crippen LogP contribution in [0.4, 0.5) is 5.69 Å². The van der Waals surface area contributed by atoms with Gasteiger partial charge in [-0.15, -0.1) is 0 Å². The number of carbonyl (C=O) groups is 1. The summed E-state index contributed by atoms with van der Waals surface area (Å²) in [5, 5.41) is 0. The van der Waals surface area contributed by atoms with E-state index < -0.39 is 10.0 Å². The first-order valence-electron chi connectivity index (χ1n) is 8.89. The van der Waals surface area contributed by atoms with E-state index in [0.717, 1.165) is 36.9 Å². The Morgan fingerprint density at radius 1 is 1.17 bits per heavy atom. The highest BCUT2D eigenvalue weighted by molar-refractivity contribution is 7.89. The van der Waals surface area contributed by atoms with Crippen molar-refractivity contribution in [2.24, 2.45) is 0 Å². The van der Waals surface area contributed by atoms with Crippen LogP contribution in [0.2, 0.25) is 0 Å². The van der Waals surface area contributed by atoms with Crippen LogP contribution in [0.5, 0.6) is 0 Å². The van der Waals surface area contributed by atoms with Crippen LogP contribution in [0.25, 0.3) is 0 Å². The number of hydrogen-bond acceptors (Lipinski definition) is 3. The molecule has 0 aromatic heterocycles. The van der Waals surface area contributed by atoms with Gasteiger partial charge in [-0.2, -0.15) is 4.31 Å². The first kappa shape index (κ1) is 18.9. The Kier molecular flexibility index (Phi) is 6.40. The van der Waals surface area contributed by atoms with Gasteiger partial charge >= 0.3 is 0 Å². The number of hydrogen-bond donors (Lipinski definition) is 0. The van der Waals surface area contributed by atoms with E-state index in [0.29, 0.717) is 31.0 Å². The third-order valence-electron chi connectivity index (χ3n) is 4.58. The van der Waals surface area contributed by atoms with Crippen LogP contribution in [0.15, 0.2) is 23.1 Å². The second kappa shape index (κ2) is 8.12. The molecule has 1 aromatic carbocycles. The van der Waals surface area contributed by atoms with Crippen molar-refractivity contribution in [3.05, 3.63) is 23.8 Å². The Morgan fingerprint density at radius 2 is 1.88 bits per heavy atom. The lowest BCUT2D eigenvalue weighted by molar-refractivity contribution is -0.118. The van der Waals surface area contributed by atoms with Gasteiger partial charge in [0.05, 0.1) is 4.90 Å². The third kappa shape index (κ3) is 3.81. The molecule has 1 amide bonds. The summed E-state index contributed by atoms with van der Waals surface area (Å²) in [6, 6.07) is 5.16. The van der Waals surface area contributed by atoms with Gasteiger partial charge in [0.2, 0.25) is 15.9 Å². The van der Waals surface area contributed by atoms with Crippen molar-refractivity contribution < 1.29 is 13.2 Å². The van der Waals surface area contributed by atoms with Gasteiger partial charge in [0.15, 0.2) is 0 Å². The Morgan fingerprint density at radius 3 is 2.50 bits per heavy atom. The molecule has 2 rings (SSSR count). The molecule has 6 heteroatoms. The molecule has 5 nitrogen and oxygen atoms in total. The topological polar surface area (TPSA) is 57.7 Å². The summed E-state index contributed by atoms with van der Waals surface area (Å²) >= 11 is 0. The Hall–Kier alpha value is -1.40. The Labute approximate surface area is 145 Å². The summed E-state index contributed by atoms with van der Waals surface area (Å²) in [6.07, 6.45) is 4.35. The molecule has 1 heterocycles. The minimum Gasteiger partial charge on any atom is -0.312 e. The van der Waals surface area contributed by atoms with Crippen molar-refractivity contribution in [3.8, 4) is 0 Å². The predicted octanol–water partition coefficient (Wildman–Crippen LogP) is 3.19. The highest BCUT2D eigenvalue weighted by Gasteiger charge is 2.28. The number of fused-ring (bicyclic) bond motifs is 1. The van der Waals surface area contributed by atoms with Crippen molar-refractivity contribution in [2.45, 2.75) is 57.8 Å². The van der Waals surface area contributed by atoms with Crippen molar-refractivity contribution >= 4 is 21.6 Å². The molecule has 1 aliphatic rings. The SMILES string of the molecule is CCCCCC(=O)N1CCc2cc(S(=O)(=O)N(CC)CC)ccc21. The van der Waals surface area contributed by atoms with Gasteiger partial charge in [-0.05, 0) is 36.6 Å². The highest BCUT2D eigenvalue weighted by atomic mass is 32.2. The molecule has 0 spiro atoms. The van der Waals surface area contributed by atoms with Crippen molar-refractivity contribution in [2.75, 3.05) is 24.5 Å². The summed E-state index contributed by atoms with van der Waals surface area (Å²) in [5.41, 5.74) is 1.82. The molecule has 1 aromatic rings. The molecule has 0 radical (unpaired) electrons. The fourth-order valence-electron chi connectivity index (χ4n) is 3.17. The lowest BCUT2D eigenvalue weighted by Gasteiger charge is -2.20. The van der Waals surface area contributed by atoms with E-state index in [1.807, 2.05) is 13.8 Å². The molecule has 0 saturated carbocycles. The van der Waals surface area contributed by atoms with Crippen molar-refractivity contribution in [3.63, 3.8) is 0 Å². The zero-order valence-electron chi connectivity index (χ0n) is 14.9. The molecule has 0 saturated heterocycles. The maximum Gasteiger partial charge on any atom is 0.243 e. The van der Waals surface area contributed by atoms with E-state index in [-0.39, 0.29) is 5.91 Å². The van der Waals surface area contributed by atoms with E-state index in [2.05, 4.69) is 6.92 Å². The van der Waals surface area contributed by atoms with Crippen molar-refractivity contribution in [1.29, 1.82) is 0 Å². The van der Waals surface area contributed by atoms with Gasteiger partial charge in [-0.3, -0.25) is 4.79 Å². The minimum atomic E-state index is -3.45. The fraction of sp³-hybridized carbons (Fsp3) is 0.611. The summed E-state index contributed by atoms with van der Waals surface area (Å²) in [4.78, 5) is 14.5. The van der Waals surface area contributed by atoms with Gasteiger partial charge in [-0.25, -0.2) is 8.42 Å². The van der Waals surface area contributed by atoms with Crippen LogP contribution in [-0.4, -0.2) is 38.3 Å². The highest BCUT2D eigenvalue weighted by Crippen LogP contribution is 2.31. The molecular weight excluding hydrogens is 324 g/mol. The number of amides is 1. The zero-order chi connectivity index (χ0) is 17.7. The molecule has 0 N–H and O–H groups in total. The smallest absolute Gasteiger partial charge is 0.243 e. The Bertz CT molecular complexity index is 682. The number of rotatable bonds is 8. The van der Waals surface area contributed by atoms with Crippen LogP contribution in [0.1, 0.15) is 52.0 Å². The van der Waals surface area contributed by atoms with Crippen molar-refractivity contribution in [1.82, 2.24) is 4.31 Å². The molecular formula is C18H28N2O3S. The second-order valence-corrected chi connectivity index (χ2v) is 8.07. The monoisotopic (exact) mass is 352 g/mol. The minimum absolute atomic E-state index is 0.140. The zero-order valence-corrected chi connectivity index (χ0v) is 15.7. The molecule has 0 atom stereocenters. The fourth-order valence-corrected chi connectivity index (χ4v) is 4.68. The van der Waals surface area contributed by atoms with Crippen LogP contribution in [0.3, 0.4) is 0 Å². The average molecular weight is 353 g/mol. The van der Waals surface area contributed by atoms with E-state index >= 15 is 0 Å². The second-order valence-electron chi connectivity index (χ2n) is 6.13. The number of carbonyl (C=O) groups excluding carboxylic acids is 1. The maximum absolute atomic E-state index is 12.6. The standard InChI is InChI=1S/C18H28N2O3S/c1-4-7-8-9-18(21)20-13-12-15-14-16(10-11-17(15)20)24(22,23)19(5-2)6-3/h10-11,14H,4-9,12-13H2,1-3H3. The first-order valence-corrected chi connectivity index (χ1v) is 10.3. The molecule has 0 fully saturated rings. The van der Waals surface area contributed by atoms with Gasteiger partial charge in [-0.1, -0.05) is 33.6 Å². The number of benzene rings is 1. The molecule has 134 valence electrons. The lowest BCUT2D eigenvalue weighted by atomic mass is 10.1. The first-order chi connectivity index (χ1) is 11.5. The normalized spacial score (nSPS) is 14.2. The number of anilines is 1. The largest absolute Gasteiger partial charge is 0.312 e. The van der Waals surface area contributed by atoms with Gasteiger partial charge < -0.3 is 4.90 Å². The van der Waals surface area contributed by atoms with E-state index in [4.69, 9.17) is 0 Å². The van der Waals surface area contributed by atoms with E-state index in [1.54, 1.807) is 23.1 Å². The lowest BCUT2D eigenvalue weighted by Crippen LogP contribution is -2.30. The molecule has 0 aliphatic carbocycles. The molecule has 1 aliphatic heterocycles. The van der Waals surface area contributed by atoms with Gasteiger partial charge in [0.25, 0.3) is 0 Å². The van der Waals surface area contributed by atoms with Crippen LogP contribution >= 0.6 is 0 Å². The van der Waals surface area contributed by atoms with E-state index in [9.17, 15) is 13.2 Å². The predicted molar refractivity (Wildman–Crippen MR) is 96.7 cm³/mol. The average Bonchev–Trinajstić information content (AvgIpc) is 2.99. The molecule has 24 heavy (non-hydrogen) atoms. The molecule has 0 unspecified atom stereocenters.